The van der Waals surface area contributed by atoms with Crippen molar-refractivity contribution in [3.8, 4) is 0 Å². The largest absolute Gasteiger partial charge is 0.326 e. The van der Waals surface area contributed by atoms with Crippen LogP contribution >= 0.6 is 11.8 Å². The monoisotopic (exact) mass is 220 g/mol. The topological polar surface area (TPSA) is 53.0 Å². The maximum atomic E-state index is 11.1. The molecule has 0 fully saturated rings. The molecule has 0 saturated heterocycles. The van der Waals surface area contributed by atoms with Gasteiger partial charge in [-0.05, 0) is 30.4 Å². The summed E-state index contributed by atoms with van der Waals surface area (Å²) in [5.74, 6) is 0.0789. The highest BCUT2D eigenvalue weighted by Gasteiger charge is 2.15. The number of aryl methyl sites for hydroxylation is 1. The first kappa shape index (κ1) is 10.2. The Morgan fingerprint density at radius 3 is 3.00 bits per heavy atom. The van der Waals surface area contributed by atoms with Crippen molar-refractivity contribution in [1.29, 1.82) is 5.41 Å². The average Bonchev–Trinajstić information content (AvgIpc) is 2.27. The number of hydrogen-bond donors (Lipinski definition) is 2. The van der Waals surface area contributed by atoms with Gasteiger partial charge in [-0.1, -0.05) is 6.07 Å². The predicted molar refractivity (Wildman–Crippen MR) is 63.7 cm³/mol. The molecule has 2 rings (SSSR count). The third-order valence-electron chi connectivity index (χ3n) is 2.47. The molecule has 1 heterocycles. The molecule has 4 heteroatoms. The Kier molecular flexibility index (Phi) is 2.77. The third-order valence-corrected chi connectivity index (χ3v) is 3.11. The van der Waals surface area contributed by atoms with Crippen LogP contribution in [0.25, 0.3) is 0 Å². The molecule has 1 aromatic rings. The lowest BCUT2D eigenvalue weighted by atomic mass is 10.0. The first-order chi connectivity index (χ1) is 7.20. The van der Waals surface area contributed by atoms with Crippen LogP contribution in [0.2, 0.25) is 0 Å². The number of anilines is 1. The van der Waals surface area contributed by atoms with Crippen LogP contribution in [-0.2, 0) is 11.2 Å². The fraction of sp³-hybridized carbons (Fsp3) is 0.273. The summed E-state index contributed by atoms with van der Waals surface area (Å²) in [6.07, 6.45) is 3.21. The second-order valence-electron chi connectivity index (χ2n) is 3.45. The predicted octanol–water partition coefficient (Wildman–Crippen LogP) is 2.26. The molecule has 15 heavy (non-hydrogen) atoms. The van der Waals surface area contributed by atoms with Crippen molar-refractivity contribution in [2.45, 2.75) is 12.8 Å². The quantitative estimate of drug-likeness (QED) is 0.563. The number of nitrogens with one attached hydrogen (secondary N) is 2. The van der Waals surface area contributed by atoms with Gasteiger partial charge in [-0.15, -0.1) is 11.8 Å². The van der Waals surface area contributed by atoms with Crippen LogP contribution in [-0.4, -0.2) is 17.2 Å². The highest BCUT2D eigenvalue weighted by Crippen LogP contribution is 2.24. The number of carbonyl (C=O) groups excluding carboxylic acids is 1. The zero-order valence-electron chi connectivity index (χ0n) is 8.46. The molecule has 1 aliphatic heterocycles. The van der Waals surface area contributed by atoms with Crippen LogP contribution in [0.15, 0.2) is 18.2 Å². The molecule has 3 nitrogen and oxygen atoms in total. The van der Waals surface area contributed by atoms with E-state index in [1.807, 2.05) is 24.5 Å². The number of thioether (sulfide) groups is 1. The Balaban J connectivity index is 2.34. The fourth-order valence-corrected chi connectivity index (χ4v) is 2.01. The maximum absolute atomic E-state index is 11.1. The van der Waals surface area contributed by atoms with Crippen molar-refractivity contribution in [3.63, 3.8) is 0 Å². The van der Waals surface area contributed by atoms with E-state index in [0.717, 1.165) is 23.2 Å². The number of amides is 1. The summed E-state index contributed by atoms with van der Waals surface area (Å²) in [5, 5.41) is 11.1. The molecule has 0 saturated carbocycles. The van der Waals surface area contributed by atoms with Crippen molar-refractivity contribution in [2.24, 2.45) is 0 Å². The van der Waals surface area contributed by atoms with Crippen LogP contribution in [0.5, 0.6) is 0 Å². The molecule has 0 aliphatic carbocycles. The van der Waals surface area contributed by atoms with E-state index >= 15 is 0 Å². The number of carbonyl (C=O) groups is 1. The molecule has 1 aliphatic rings. The third kappa shape index (κ3) is 2.04. The van der Waals surface area contributed by atoms with Crippen LogP contribution in [0.3, 0.4) is 0 Å². The van der Waals surface area contributed by atoms with E-state index in [9.17, 15) is 4.79 Å². The van der Waals surface area contributed by atoms with Gasteiger partial charge in [-0.25, -0.2) is 0 Å². The molecule has 0 radical (unpaired) electrons. The Morgan fingerprint density at radius 1 is 1.47 bits per heavy atom. The lowest BCUT2D eigenvalue weighted by Gasteiger charge is -2.17. The minimum absolute atomic E-state index is 0.0789. The van der Waals surface area contributed by atoms with E-state index in [1.165, 1.54) is 11.8 Å². The zero-order valence-corrected chi connectivity index (χ0v) is 9.28. The van der Waals surface area contributed by atoms with Gasteiger partial charge in [0.05, 0.1) is 5.04 Å². The van der Waals surface area contributed by atoms with E-state index < -0.39 is 0 Å². The molecule has 1 amide bonds. The van der Waals surface area contributed by atoms with Crippen molar-refractivity contribution in [2.75, 3.05) is 11.6 Å². The summed E-state index contributed by atoms with van der Waals surface area (Å²) in [6, 6.07) is 5.75. The number of rotatable bonds is 1. The lowest BCUT2D eigenvalue weighted by Crippen LogP contribution is -2.19. The van der Waals surface area contributed by atoms with Crippen molar-refractivity contribution in [3.05, 3.63) is 29.3 Å². The number of benzene rings is 1. The number of fused-ring (bicyclic) bond motifs is 1. The Bertz CT molecular complexity index is 429. The standard InChI is InChI=1S/C11H12N2OS/c1-15-11(12)8-2-4-9-7(6-8)3-5-10(14)13-9/h2,4,6,12H,3,5H2,1H3,(H,13,14). The van der Waals surface area contributed by atoms with Crippen LogP contribution < -0.4 is 5.32 Å². The van der Waals surface area contributed by atoms with Crippen molar-refractivity contribution in [1.82, 2.24) is 0 Å². The second kappa shape index (κ2) is 4.06. The lowest BCUT2D eigenvalue weighted by molar-refractivity contribution is -0.116. The Hall–Kier alpha value is -1.29. The zero-order chi connectivity index (χ0) is 10.8. The van der Waals surface area contributed by atoms with E-state index in [0.29, 0.717) is 11.5 Å². The summed E-state index contributed by atoms with van der Waals surface area (Å²) in [6.45, 7) is 0. The summed E-state index contributed by atoms with van der Waals surface area (Å²) in [7, 11) is 0. The second-order valence-corrected chi connectivity index (χ2v) is 4.27. The molecule has 0 bridgehead atoms. The minimum atomic E-state index is 0.0789. The van der Waals surface area contributed by atoms with Crippen LogP contribution in [0.4, 0.5) is 5.69 Å². The molecule has 0 aromatic heterocycles. The van der Waals surface area contributed by atoms with Gasteiger partial charge < -0.3 is 5.32 Å². The first-order valence-electron chi connectivity index (χ1n) is 4.76. The normalized spacial score (nSPS) is 14.3. The van der Waals surface area contributed by atoms with E-state index in [2.05, 4.69) is 5.32 Å². The average molecular weight is 220 g/mol. The summed E-state index contributed by atoms with van der Waals surface area (Å²) in [4.78, 5) is 11.1. The fourth-order valence-electron chi connectivity index (χ4n) is 1.64. The Labute approximate surface area is 92.8 Å². The molecule has 0 atom stereocenters. The number of hydrogen-bond acceptors (Lipinski definition) is 3. The SMILES string of the molecule is CSC(=N)c1ccc2c(c1)CCC(=O)N2. The van der Waals surface area contributed by atoms with Gasteiger partial charge in [-0.2, -0.15) is 0 Å². The molecule has 0 unspecified atom stereocenters. The Morgan fingerprint density at radius 2 is 2.27 bits per heavy atom. The molecule has 78 valence electrons. The first-order valence-corrected chi connectivity index (χ1v) is 5.99. The highest BCUT2D eigenvalue weighted by atomic mass is 32.2. The minimum Gasteiger partial charge on any atom is -0.326 e. The van der Waals surface area contributed by atoms with Crippen LogP contribution in [0, 0.1) is 5.41 Å². The van der Waals surface area contributed by atoms with Gasteiger partial charge in [0.1, 0.15) is 0 Å². The van der Waals surface area contributed by atoms with E-state index in [-0.39, 0.29) is 5.91 Å². The highest BCUT2D eigenvalue weighted by molar-refractivity contribution is 8.13. The molecular formula is C11H12N2OS. The smallest absolute Gasteiger partial charge is 0.224 e. The van der Waals surface area contributed by atoms with Gasteiger partial charge in [0.15, 0.2) is 0 Å². The molecular weight excluding hydrogens is 208 g/mol. The van der Waals surface area contributed by atoms with Gasteiger partial charge in [0.2, 0.25) is 5.91 Å². The van der Waals surface area contributed by atoms with E-state index in [1.54, 1.807) is 0 Å². The van der Waals surface area contributed by atoms with Crippen molar-refractivity contribution < 1.29 is 4.79 Å². The molecule has 1 aromatic carbocycles. The van der Waals surface area contributed by atoms with Crippen molar-refractivity contribution >= 4 is 28.4 Å². The summed E-state index contributed by atoms with van der Waals surface area (Å²) >= 11 is 1.43. The van der Waals surface area contributed by atoms with Crippen LogP contribution in [0.1, 0.15) is 17.5 Å². The van der Waals surface area contributed by atoms with Gasteiger partial charge in [0, 0.05) is 17.7 Å². The molecule has 0 spiro atoms. The summed E-state index contributed by atoms with van der Waals surface area (Å²) < 4.78 is 0. The van der Waals surface area contributed by atoms with E-state index in [4.69, 9.17) is 5.41 Å². The summed E-state index contributed by atoms with van der Waals surface area (Å²) in [5.41, 5.74) is 2.95. The van der Waals surface area contributed by atoms with Gasteiger partial charge in [-0.3, -0.25) is 10.2 Å². The van der Waals surface area contributed by atoms with Gasteiger partial charge in [0.25, 0.3) is 0 Å². The maximum Gasteiger partial charge on any atom is 0.224 e. The molecule has 2 N–H and O–H groups in total. The van der Waals surface area contributed by atoms with Gasteiger partial charge >= 0.3 is 0 Å².